The van der Waals surface area contributed by atoms with E-state index in [2.05, 4.69) is 85.1 Å². The third-order valence-corrected chi connectivity index (χ3v) is 6.29. The molecule has 0 bridgehead atoms. The van der Waals surface area contributed by atoms with Crippen molar-refractivity contribution in [2.45, 2.75) is 82.7 Å². The summed E-state index contributed by atoms with van der Waals surface area (Å²) in [6, 6.07) is 22.5. The molecule has 2 aromatic carbocycles. The van der Waals surface area contributed by atoms with Crippen LogP contribution in [0.4, 0.5) is 5.69 Å². The van der Waals surface area contributed by atoms with Crippen molar-refractivity contribution in [1.82, 2.24) is 0 Å². The van der Waals surface area contributed by atoms with Gasteiger partial charge in [-0.1, -0.05) is 113 Å². The maximum Gasteiger partial charge on any atom is 0.0784 e. The van der Waals surface area contributed by atoms with Crippen LogP contribution in [0.3, 0.4) is 0 Å². The van der Waals surface area contributed by atoms with Gasteiger partial charge in [0, 0.05) is 5.69 Å². The summed E-state index contributed by atoms with van der Waals surface area (Å²) in [4.78, 5) is 2.64. The Balaban J connectivity index is 1.65. The SMILES string of the molecule is C=CC[C@]1(CCCCCCCCCC)[C@@H](c2ccccc2)N1c1ccccc1. The molecule has 1 heterocycles. The molecular formula is C27H37N. The quantitative estimate of drug-likeness (QED) is 0.194. The molecule has 1 aliphatic heterocycles. The summed E-state index contributed by atoms with van der Waals surface area (Å²) in [6.07, 6.45) is 15.4. The van der Waals surface area contributed by atoms with Crippen molar-refractivity contribution in [2.75, 3.05) is 4.90 Å². The first-order valence-electron chi connectivity index (χ1n) is 11.3. The third-order valence-electron chi connectivity index (χ3n) is 6.29. The summed E-state index contributed by atoms with van der Waals surface area (Å²) in [7, 11) is 0. The van der Waals surface area contributed by atoms with Crippen LogP contribution in [-0.2, 0) is 0 Å². The van der Waals surface area contributed by atoms with Crippen LogP contribution in [0.15, 0.2) is 73.3 Å². The van der Waals surface area contributed by atoms with Crippen molar-refractivity contribution in [1.29, 1.82) is 0 Å². The standard InChI is InChI=1S/C27H37N/c1-3-5-6-7-8-9-10-17-23-27(22-4-2)26(24-18-13-11-14-19-24)28(27)25-20-15-12-16-21-25/h4,11-16,18-21,26H,2-3,5-10,17,22-23H2,1H3/t26-,27+,28?/m1/s1. The van der Waals surface area contributed by atoms with Crippen molar-refractivity contribution in [2.24, 2.45) is 0 Å². The van der Waals surface area contributed by atoms with Gasteiger partial charge in [-0.15, -0.1) is 6.58 Å². The van der Waals surface area contributed by atoms with Crippen LogP contribution in [0.1, 0.15) is 82.7 Å². The number of nitrogens with zero attached hydrogens (tertiary/aromatic N) is 1. The van der Waals surface area contributed by atoms with Crippen LogP contribution in [0, 0.1) is 0 Å². The third kappa shape index (κ3) is 4.87. The van der Waals surface area contributed by atoms with E-state index in [-0.39, 0.29) is 5.54 Å². The lowest BCUT2D eigenvalue weighted by Crippen LogP contribution is -2.17. The van der Waals surface area contributed by atoms with Gasteiger partial charge in [0.05, 0.1) is 11.6 Å². The Labute approximate surface area is 172 Å². The average Bonchev–Trinajstić information content (AvgIpc) is 3.39. The number of hydrogen-bond donors (Lipinski definition) is 0. The monoisotopic (exact) mass is 375 g/mol. The normalized spacial score (nSPS) is 20.9. The first-order chi connectivity index (χ1) is 13.8. The predicted octanol–water partition coefficient (Wildman–Crippen LogP) is 8.09. The van der Waals surface area contributed by atoms with Crippen LogP contribution < -0.4 is 4.90 Å². The summed E-state index contributed by atoms with van der Waals surface area (Å²) in [5.41, 5.74) is 2.98. The Morgan fingerprint density at radius 1 is 0.821 bits per heavy atom. The molecule has 0 aromatic heterocycles. The minimum atomic E-state index is 0.201. The molecule has 0 spiro atoms. The Morgan fingerprint density at radius 3 is 2.00 bits per heavy atom. The molecule has 2 atom stereocenters. The molecular weight excluding hydrogens is 338 g/mol. The van der Waals surface area contributed by atoms with E-state index in [4.69, 9.17) is 0 Å². The molecule has 0 aliphatic carbocycles. The van der Waals surface area contributed by atoms with Gasteiger partial charge >= 0.3 is 0 Å². The zero-order valence-electron chi connectivity index (χ0n) is 17.7. The van der Waals surface area contributed by atoms with Gasteiger partial charge in [-0.05, 0) is 30.5 Å². The first-order valence-corrected chi connectivity index (χ1v) is 11.3. The topological polar surface area (TPSA) is 3.01 Å². The highest BCUT2D eigenvalue weighted by atomic mass is 15.4. The number of benzene rings is 2. The van der Waals surface area contributed by atoms with Gasteiger partial charge in [0.1, 0.15) is 0 Å². The Hall–Kier alpha value is -2.02. The van der Waals surface area contributed by atoms with E-state index < -0.39 is 0 Å². The van der Waals surface area contributed by atoms with Gasteiger partial charge in [0.25, 0.3) is 0 Å². The molecule has 150 valence electrons. The van der Waals surface area contributed by atoms with Gasteiger partial charge in [-0.2, -0.15) is 0 Å². The van der Waals surface area contributed by atoms with Crippen LogP contribution in [0.5, 0.6) is 0 Å². The smallest absolute Gasteiger partial charge is 0.0784 e. The molecule has 0 unspecified atom stereocenters. The molecule has 0 saturated carbocycles. The Kier molecular flexibility index (Phi) is 7.77. The van der Waals surface area contributed by atoms with Crippen molar-refractivity contribution in [3.05, 3.63) is 78.9 Å². The Morgan fingerprint density at radius 2 is 1.39 bits per heavy atom. The molecule has 28 heavy (non-hydrogen) atoms. The van der Waals surface area contributed by atoms with E-state index in [0.29, 0.717) is 6.04 Å². The van der Waals surface area contributed by atoms with E-state index in [1.54, 1.807) is 0 Å². The molecule has 1 heteroatoms. The van der Waals surface area contributed by atoms with E-state index in [1.165, 1.54) is 69.0 Å². The van der Waals surface area contributed by atoms with Crippen molar-refractivity contribution in [3.63, 3.8) is 0 Å². The lowest BCUT2D eigenvalue weighted by Gasteiger charge is -2.17. The lowest BCUT2D eigenvalue weighted by atomic mass is 9.90. The summed E-state index contributed by atoms with van der Waals surface area (Å²) in [5.74, 6) is 0. The second-order valence-corrected chi connectivity index (χ2v) is 8.34. The summed E-state index contributed by atoms with van der Waals surface area (Å²) in [6.45, 7) is 6.39. The fourth-order valence-corrected chi connectivity index (χ4v) is 4.85. The molecule has 1 saturated heterocycles. The maximum atomic E-state index is 4.10. The van der Waals surface area contributed by atoms with Crippen LogP contribution in [0.2, 0.25) is 0 Å². The van der Waals surface area contributed by atoms with E-state index >= 15 is 0 Å². The van der Waals surface area contributed by atoms with Gasteiger partial charge < -0.3 is 4.90 Å². The molecule has 3 rings (SSSR count). The number of rotatable bonds is 13. The summed E-state index contributed by atoms with van der Waals surface area (Å²) in [5, 5.41) is 0. The highest BCUT2D eigenvalue weighted by molar-refractivity contribution is 5.63. The van der Waals surface area contributed by atoms with Crippen molar-refractivity contribution in [3.8, 4) is 0 Å². The summed E-state index contributed by atoms with van der Waals surface area (Å²) >= 11 is 0. The van der Waals surface area contributed by atoms with Crippen LogP contribution in [0.25, 0.3) is 0 Å². The van der Waals surface area contributed by atoms with Crippen LogP contribution in [-0.4, -0.2) is 5.54 Å². The molecule has 1 nitrogen and oxygen atoms in total. The summed E-state index contributed by atoms with van der Waals surface area (Å²) < 4.78 is 0. The molecule has 0 N–H and O–H groups in total. The number of unbranched alkanes of at least 4 members (excludes halogenated alkanes) is 7. The van der Waals surface area contributed by atoms with E-state index in [9.17, 15) is 0 Å². The first kappa shape index (κ1) is 20.7. The highest BCUT2D eigenvalue weighted by Gasteiger charge is 2.61. The zero-order chi connectivity index (χ0) is 19.7. The van der Waals surface area contributed by atoms with Gasteiger partial charge in [-0.25, -0.2) is 0 Å². The van der Waals surface area contributed by atoms with E-state index in [1.807, 2.05) is 0 Å². The van der Waals surface area contributed by atoms with Crippen molar-refractivity contribution >= 4 is 5.69 Å². The Bertz CT molecular complexity index is 645. The predicted molar refractivity (Wildman–Crippen MR) is 123 cm³/mol. The molecule has 1 aliphatic rings. The van der Waals surface area contributed by atoms with Gasteiger partial charge in [-0.3, -0.25) is 0 Å². The number of para-hydroxylation sites is 1. The maximum absolute atomic E-state index is 4.10. The second kappa shape index (κ2) is 10.5. The fourth-order valence-electron chi connectivity index (χ4n) is 4.85. The number of hydrogen-bond acceptors (Lipinski definition) is 1. The van der Waals surface area contributed by atoms with Crippen LogP contribution >= 0.6 is 0 Å². The number of anilines is 1. The highest BCUT2D eigenvalue weighted by Crippen LogP contribution is 2.60. The molecule has 1 fully saturated rings. The zero-order valence-corrected chi connectivity index (χ0v) is 17.7. The second-order valence-electron chi connectivity index (χ2n) is 8.34. The minimum absolute atomic E-state index is 0.201. The average molecular weight is 376 g/mol. The fraction of sp³-hybridized carbons (Fsp3) is 0.481. The lowest BCUT2D eigenvalue weighted by molar-refractivity contribution is 0.504. The van der Waals surface area contributed by atoms with Crippen molar-refractivity contribution < 1.29 is 0 Å². The van der Waals surface area contributed by atoms with E-state index in [0.717, 1.165) is 6.42 Å². The van der Waals surface area contributed by atoms with Gasteiger partial charge in [0.2, 0.25) is 0 Å². The molecule has 0 radical (unpaired) electrons. The minimum Gasteiger partial charge on any atom is -0.354 e. The molecule has 2 aromatic rings. The largest absolute Gasteiger partial charge is 0.354 e. The van der Waals surface area contributed by atoms with Gasteiger partial charge in [0.15, 0.2) is 0 Å². The molecule has 0 amide bonds.